The highest BCUT2D eigenvalue weighted by Gasteiger charge is 2.48. The Kier molecular flexibility index (Phi) is 6.01. The van der Waals surface area contributed by atoms with Crippen LogP contribution in [0.3, 0.4) is 0 Å². The predicted molar refractivity (Wildman–Crippen MR) is 103 cm³/mol. The Bertz CT molecular complexity index is 618. The highest BCUT2D eigenvalue weighted by atomic mass is 127. The summed E-state index contributed by atoms with van der Waals surface area (Å²) in [5.74, 6) is 0.626. The molecule has 138 valence electrons. The Morgan fingerprint density at radius 2 is 1.56 bits per heavy atom. The first kappa shape index (κ1) is 19.8. The summed E-state index contributed by atoms with van der Waals surface area (Å²) in [6.07, 6.45) is 7.52. The predicted octanol–water partition coefficient (Wildman–Crippen LogP) is 1.85. The summed E-state index contributed by atoms with van der Waals surface area (Å²) in [5.41, 5.74) is -0.796. The minimum Gasteiger partial charge on any atom is -1.00 e. The van der Waals surface area contributed by atoms with Gasteiger partial charge in [0.25, 0.3) is 0 Å². The van der Waals surface area contributed by atoms with Gasteiger partial charge in [0.05, 0.1) is 26.2 Å². The van der Waals surface area contributed by atoms with Gasteiger partial charge >= 0.3 is 0 Å². The van der Waals surface area contributed by atoms with Crippen molar-refractivity contribution >= 4 is 22.7 Å². The third-order valence-electron chi connectivity index (χ3n) is 6.61. The smallest absolute Gasteiger partial charge is 0.133 e. The first-order valence-corrected chi connectivity index (χ1v) is 10.9. The van der Waals surface area contributed by atoms with Crippen molar-refractivity contribution < 1.29 is 33.6 Å². The van der Waals surface area contributed by atoms with Crippen molar-refractivity contribution in [2.75, 3.05) is 14.1 Å². The molecular weight excluding hydrogens is 461 g/mol. The van der Waals surface area contributed by atoms with Crippen LogP contribution < -0.4 is 24.0 Å². The van der Waals surface area contributed by atoms with Gasteiger partial charge in [0.1, 0.15) is 5.60 Å². The summed E-state index contributed by atoms with van der Waals surface area (Å²) >= 11 is 3.38. The first-order chi connectivity index (χ1) is 11.5. The molecule has 3 atom stereocenters. The fraction of sp³-hybridized carbons (Fsp3) is 0.600. The van der Waals surface area contributed by atoms with E-state index >= 15 is 0 Å². The number of fused-ring (bicyclic) bond motifs is 2. The molecule has 2 aliphatic rings. The maximum atomic E-state index is 11.7. The third-order valence-corrected chi connectivity index (χ3v) is 8.65. The van der Waals surface area contributed by atoms with Gasteiger partial charge in [-0.1, -0.05) is 12.1 Å². The Labute approximate surface area is 176 Å². The second kappa shape index (κ2) is 7.58. The Morgan fingerprint density at radius 1 is 1.04 bits per heavy atom. The van der Waals surface area contributed by atoms with Crippen LogP contribution in [0, 0.1) is 5.92 Å². The van der Waals surface area contributed by atoms with E-state index in [0.29, 0.717) is 5.92 Å². The van der Waals surface area contributed by atoms with E-state index in [1.807, 2.05) is 0 Å². The normalized spacial score (nSPS) is 28.4. The highest BCUT2D eigenvalue weighted by molar-refractivity contribution is 7.11. The number of hydrogen-bond donors (Lipinski definition) is 1. The molecule has 2 bridgehead atoms. The van der Waals surface area contributed by atoms with Crippen molar-refractivity contribution in [3.63, 3.8) is 0 Å². The molecule has 1 N–H and O–H groups in total. The molecule has 2 saturated heterocycles. The van der Waals surface area contributed by atoms with Gasteiger partial charge < -0.3 is 33.6 Å². The van der Waals surface area contributed by atoms with Gasteiger partial charge in [0, 0.05) is 22.6 Å². The maximum absolute atomic E-state index is 11.7. The summed E-state index contributed by atoms with van der Waals surface area (Å²) < 4.78 is 1.20. The summed E-state index contributed by atoms with van der Waals surface area (Å²) in [4.78, 5) is 2.21. The SMILES string of the molecule is C[N+]1(C)[C@@H]2CCC[C@H]1CC(CC(O)(c1cccs1)c1cccs1)C2.[I-]. The molecule has 0 amide bonds. The second-order valence-corrected chi connectivity index (χ2v) is 10.1. The summed E-state index contributed by atoms with van der Waals surface area (Å²) in [7, 11) is 4.85. The van der Waals surface area contributed by atoms with E-state index in [4.69, 9.17) is 0 Å². The Hall–Kier alpha value is 0.0500. The van der Waals surface area contributed by atoms with Crippen LogP contribution in [0.2, 0.25) is 0 Å². The van der Waals surface area contributed by atoms with Crippen LogP contribution in [0.4, 0.5) is 0 Å². The van der Waals surface area contributed by atoms with Crippen molar-refractivity contribution in [3.8, 4) is 0 Å². The summed E-state index contributed by atoms with van der Waals surface area (Å²) in [6.45, 7) is 0. The average Bonchev–Trinajstić information content (AvgIpc) is 3.22. The van der Waals surface area contributed by atoms with E-state index in [-0.39, 0.29) is 24.0 Å². The van der Waals surface area contributed by atoms with E-state index in [1.165, 1.54) is 36.6 Å². The van der Waals surface area contributed by atoms with Gasteiger partial charge in [-0.3, -0.25) is 0 Å². The molecule has 0 saturated carbocycles. The highest BCUT2D eigenvalue weighted by Crippen LogP contribution is 2.47. The van der Waals surface area contributed by atoms with Crippen LogP contribution in [-0.2, 0) is 5.60 Å². The molecule has 0 radical (unpaired) electrons. The zero-order valence-corrected chi connectivity index (χ0v) is 18.8. The standard InChI is InChI=1S/C20H28NOS2.HI/c1-21(2)16-6-3-7-17(21)13-15(12-16)14-20(22,18-8-4-10-23-18)19-9-5-11-24-19;/h4-5,8-11,15-17,22H,3,6-7,12-14H2,1-2H3;1H/q+1;/p-1/t15?,16-,17+;. The largest absolute Gasteiger partial charge is 1.00 e. The number of nitrogens with zero attached hydrogens (tertiary/aromatic N) is 1. The number of hydrogen-bond acceptors (Lipinski definition) is 3. The molecule has 2 nitrogen and oxygen atoms in total. The Morgan fingerprint density at radius 3 is 2.00 bits per heavy atom. The summed E-state index contributed by atoms with van der Waals surface area (Å²) in [6, 6.07) is 9.89. The maximum Gasteiger partial charge on any atom is 0.133 e. The first-order valence-electron chi connectivity index (χ1n) is 9.14. The molecule has 0 spiro atoms. The van der Waals surface area contributed by atoms with Crippen LogP contribution >= 0.6 is 22.7 Å². The monoisotopic (exact) mass is 489 g/mol. The molecule has 5 heteroatoms. The second-order valence-electron chi connectivity index (χ2n) is 8.22. The van der Waals surface area contributed by atoms with E-state index in [2.05, 4.69) is 49.1 Å². The lowest BCUT2D eigenvalue weighted by Gasteiger charge is -2.54. The molecule has 2 aromatic heterocycles. The lowest BCUT2D eigenvalue weighted by atomic mass is 9.72. The number of rotatable bonds is 4. The zero-order chi connectivity index (χ0) is 16.8. The van der Waals surface area contributed by atoms with Gasteiger partial charge in [-0.25, -0.2) is 0 Å². The lowest BCUT2D eigenvalue weighted by molar-refractivity contribution is -0.950. The molecular formula is C20H28INOS2. The molecule has 25 heavy (non-hydrogen) atoms. The van der Waals surface area contributed by atoms with Crippen molar-refractivity contribution in [1.82, 2.24) is 0 Å². The Balaban J connectivity index is 0.00000182. The van der Waals surface area contributed by atoms with Crippen molar-refractivity contribution in [3.05, 3.63) is 44.8 Å². The quantitative estimate of drug-likeness (QED) is 0.514. The third kappa shape index (κ3) is 3.59. The zero-order valence-electron chi connectivity index (χ0n) is 15.0. The molecule has 0 aliphatic carbocycles. The van der Waals surface area contributed by atoms with E-state index in [0.717, 1.165) is 28.3 Å². The van der Waals surface area contributed by atoms with Crippen LogP contribution in [0.5, 0.6) is 0 Å². The average molecular weight is 489 g/mol. The number of quaternary nitrogens is 1. The molecule has 4 heterocycles. The van der Waals surface area contributed by atoms with Gasteiger partial charge in [-0.2, -0.15) is 0 Å². The molecule has 2 aromatic rings. The molecule has 2 fully saturated rings. The van der Waals surface area contributed by atoms with Crippen LogP contribution in [0.25, 0.3) is 0 Å². The number of aliphatic hydroxyl groups is 1. The van der Waals surface area contributed by atoms with Crippen molar-refractivity contribution in [2.45, 2.75) is 56.2 Å². The van der Waals surface area contributed by atoms with E-state index < -0.39 is 5.60 Å². The fourth-order valence-corrected chi connectivity index (χ4v) is 6.90. The minimum atomic E-state index is -0.796. The van der Waals surface area contributed by atoms with Crippen LogP contribution in [-0.4, -0.2) is 35.8 Å². The van der Waals surface area contributed by atoms with Gasteiger partial charge in [-0.05, 0) is 54.5 Å². The fourth-order valence-electron chi connectivity index (χ4n) is 5.13. The number of thiophene rings is 2. The van der Waals surface area contributed by atoms with E-state index in [9.17, 15) is 5.11 Å². The number of piperidine rings is 2. The molecule has 0 aromatic carbocycles. The molecule has 4 rings (SSSR count). The van der Waals surface area contributed by atoms with Gasteiger partial charge in [-0.15, -0.1) is 22.7 Å². The van der Waals surface area contributed by atoms with Gasteiger partial charge in [0.15, 0.2) is 0 Å². The van der Waals surface area contributed by atoms with Crippen LogP contribution in [0.1, 0.15) is 48.3 Å². The summed E-state index contributed by atoms with van der Waals surface area (Å²) in [5, 5.41) is 15.9. The van der Waals surface area contributed by atoms with Gasteiger partial charge in [0.2, 0.25) is 0 Å². The molecule has 2 aliphatic heterocycles. The number of halogens is 1. The topological polar surface area (TPSA) is 20.2 Å². The lowest BCUT2D eigenvalue weighted by Crippen LogP contribution is -3.00. The van der Waals surface area contributed by atoms with Crippen LogP contribution in [0.15, 0.2) is 35.0 Å². The minimum absolute atomic E-state index is 0. The van der Waals surface area contributed by atoms with Crippen molar-refractivity contribution in [1.29, 1.82) is 0 Å². The van der Waals surface area contributed by atoms with Crippen molar-refractivity contribution in [2.24, 2.45) is 5.92 Å². The van der Waals surface area contributed by atoms with E-state index in [1.54, 1.807) is 22.7 Å². The molecule has 1 unspecified atom stereocenters.